The monoisotopic (exact) mass is 185 g/mol. The summed E-state index contributed by atoms with van der Waals surface area (Å²) in [5, 5.41) is 9.42. The Labute approximate surface area is 74.3 Å². The highest BCUT2D eigenvalue weighted by atomic mass is 35.5. The van der Waals surface area contributed by atoms with Crippen LogP contribution in [0.5, 0.6) is 5.75 Å². The van der Waals surface area contributed by atoms with Crippen LogP contribution in [0.3, 0.4) is 0 Å². The number of rotatable bonds is 2. The van der Waals surface area contributed by atoms with Gasteiger partial charge in [-0.3, -0.25) is 4.79 Å². The van der Waals surface area contributed by atoms with Crippen LogP contribution in [0.25, 0.3) is 0 Å². The van der Waals surface area contributed by atoms with Gasteiger partial charge in [0.25, 0.3) is 5.56 Å². The maximum atomic E-state index is 10.7. The van der Waals surface area contributed by atoms with E-state index in [1.54, 1.807) is 6.08 Å². The van der Waals surface area contributed by atoms with Crippen molar-refractivity contribution < 1.29 is 5.11 Å². The minimum Gasteiger partial charge on any atom is -0.507 e. The number of halogens is 1. The van der Waals surface area contributed by atoms with E-state index in [2.05, 4.69) is 11.6 Å². The first-order valence-electron chi connectivity index (χ1n) is 3.36. The maximum Gasteiger partial charge on any atom is 0.252 e. The summed E-state index contributed by atoms with van der Waals surface area (Å²) in [5.74, 6) is -0.0938. The van der Waals surface area contributed by atoms with E-state index >= 15 is 0 Å². The van der Waals surface area contributed by atoms with Crippen LogP contribution < -0.4 is 5.56 Å². The predicted octanol–water partition coefficient (Wildman–Crippen LogP) is 1.46. The minimum atomic E-state index is -0.412. The Kier molecular flexibility index (Phi) is 2.55. The molecule has 0 atom stereocenters. The third-order valence-corrected chi connectivity index (χ3v) is 1.75. The molecule has 1 rings (SSSR count). The van der Waals surface area contributed by atoms with Gasteiger partial charge in [-0.25, -0.2) is 0 Å². The van der Waals surface area contributed by atoms with Crippen LogP contribution in [0, 0.1) is 0 Å². The van der Waals surface area contributed by atoms with Crippen LogP contribution in [0.15, 0.2) is 23.5 Å². The number of hydrogen-bond donors (Lipinski definition) is 2. The molecule has 12 heavy (non-hydrogen) atoms. The van der Waals surface area contributed by atoms with Crippen molar-refractivity contribution in [3.05, 3.63) is 39.8 Å². The first-order chi connectivity index (χ1) is 5.65. The molecule has 1 heterocycles. The number of H-pyrrole nitrogens is 1. The molecule has 1 aromatic heterocycles. The zero-order valence-electron chi connectivity index (χ0n) is 6.30. The molecule has 0 radical (unpaired) electrons. The summed E-state index contributed by atoms with van der Waals surface area (Å²) in [6, 6.07) is 1.09. The molecule has 0 aliphatic rings. The van der Waals surface area contributed by atoms with Crippen LogP contribution in [-0.4, -0.2) is 10.1 Å². The molecule has 0 aromatic carbocycles. The fraction of sp³-hybridized carbons (Fsp3) is 0.125. The Balaban J connectivity index is 3.27. The molecule has 0 amide bonds. The smallest absolute Gasteiger partial charge is 0.252 e. The van der Waals surface area contributed by atoms with Crippen LogP contribution in [0.1, 0.15) is 5.56 Å². The lowest BCUT2D eigenvalue weighted by atomic mass is 10.2. The Bertz CT molecular complexity index is 330. The second kappa shape index (κ2) is 3.45. The summed E-state index contributed by atoms with van der Waals surface area (Å²) in [7, 11) is 0. The van der Waals surface area contributed by atoms with Crippen LogP contribution in [0.2, 0.25) is 5.15 Å². The molecule has 0 fully saturated rings. The van der Waals surface area contributed by atoms with E-state index in [1.807, 2.05) is 0 Å². The van der Waals surface area contributed by atoms with Crippen molar-refractivity contribution >= 4 is 11.6 Å². The first-order valence-corrected chi connectivity index (χ1v) is 3.74. The highest BCUT2D eigenvalue weighted by molar-refractivity contribution is 6.30. The van der Waals surface area contributed by atoms with Gasteiger partial charge in [0.05, 0.1) is 0 Å². The molecule has 0 saturated carbocycles. The first kappa shape index (κ1) is 8.87. The maximum absolute atomic E-state index is 10.7. The van der Waals surface area contributed by atoms with E-state index in [4.69, 9.17) is 11.6 Å². The van der Waals surface area contributed by atoms with Gasteiger partial charge in [0.2, 0.25) is 0 Å². The standard InChI is InChI=1S/C8H8ClNO2/c1-2-3-5-6(11)4-7(12)10-8(5)9/h2,4H,1,3H2,(H2,10,11,12). The van der Waals surface area contributed by atoms with Crippen LogP contribution >= 0.6 is 11.6 Å². The van der Waals surface area contributed by atoms with E-state index in [1.165, 1.54) is 0 Å². The summed E-state index contributed by atoms with van der Waals surface area (Å²) in [6.45, 7) is 3.50. The molecule has 64 valence electrons. The van der Waals surface area contributed by atoms with Crippen molar-refractivity contribution in [2.45, 2.75) is 6.42 Å². The van der Waals surface area contributed by atoms with E-state index in [9.17, 15) is 9.90 Å². The molecule has 0 unspecified atom stereocenters. The van der Waals surface area contributed by atoms with Crippen molar-refractivity contribution in [2.75, 3.05) is 0 Å². The predicted molar refractivity (Wildman–Crippen MR) is 47.6 cm³/mol. The molecule has 0 bridgehead atoms. The van der Waals surface area contributed by atoms with E-state index < -0.39 is 5.56 Å². The Morgan fingerprint density at radius 1 is 1.75 bits per heavy atom. The second-order valence-corrected chi connectivity index (χ2v) is 2.68. The average Bonchev–Trinajstić information content (AvgIpc) is 1.96. The second-order valence-electron chi connectivity index (χ2n) is 2.30. The van der Waals surface area contributed by atoms with Crippen molar-refractivity contribution in [1.29, 1.82) is 0 Å². The molecule has 0 aliphatic heterocycles. The van der Waals surface area contributed by atoms with E-state index in [0.29, 0.717) is 12.0 Å². The topological polar surface area (TPSA) is 53.1 Å². The molecular formula is C8H8ClNO2. The zero-order valence-corrected chi connectivity index (χ0v) is 7.06. The van der Waals surface area contributed by atoms with Gasteiger partial charge in [-0.2, -0.15) is 0 Å². The van der Waals surface area contributed by atoms with Gasteiger partial charge in [-0.15, -0.1) is 6.58 Å². The number of pyridine rings is 1. The quantitative estimate of drug-likeness (QED) is 0.542. The van der Waals surface area contributed by atoms with E-state index in [0.717, 1.165) is 6.07 Å². The number of hydrogen-bond acceptors (Lipinski definition) is 2. The van der Waals surface area contributed by atoms with Gasteiger partial charge in [-0.05, 0) is 6.42 Å². The molecule has 4 heteroatoms. The number of allylic oxidation sites excluding steroid dienone is 1. The average molecular weight is 186 g/mol. The molecule has 0 aliphatic carbocycles. The number of aromatic nitrogens is 1. The van der Waals surface area contributed by atoms with Crippen molar-refractivity contribution in [3.8, 4) is 5.75 Å². The van der Waals surface area contributed by atoms with Crippen LogP contribution in [-0.2, 0) is 6.42 Å². The zero-order chi connectivity index (χ0) is 9.14. The molecule has 3 nitrogen and oxygen atoms in total. The molecular weight excluding hydrogens is 178 g/mol. The largest absolute Gasteiger partial charge is 0.507 e. The Hall–Kier alpha value is -1.22. The van der Waals surface area contributed by atoms with Gasteiger partial charge in [0.1, 0.15) is 10.9 Å². The molecule has 1 aromatic rings. The number of nitrogens with one attached hydrogen (secondary N) is 1. The lowest BCUT2D eigenvalue weighted by Crippen LogP contribution is -2.05. The SMILES string of the molecule is C=CCc1c(O)cc(=O)[nH]c1Cl. The molecule has 0 spiro atoms. The summed E-state index contributed by atoms with van der Waals surface area (Å²) in [6.07, 6.45) is 2.03. The van der Waals surface area contributed by atoms with Crippen molar-refractivity contribution in [2.24, 2.45) is 0 Å². The fourth-order valence-electron chi connectivity index (χ4n) is 0.882. The third kappa shape index (κ3) is 1.68. The van der Waals surface area contributed by atoms with Gasteiger partial charge in [-0.1, -0.05) is 17.7 Å². The molecule has 0 saturated heterocycles. The summed E-state index contributed by atoms with van der Waals surface area (Å²) in [5.41, 5.74) is 0.0802. The lowest BCUT2D eigenvalue weighted by molar-refractivity contribution is 0.468. The normalized spacial score (nSPS) is 9.75. The van der Waals surface area contributed by atoms with Gasteiger partial charge >= 0.3 is 0 Å². The number of aromatic hydroxyl groups is 1. The molecule has 2 N–H and O–H groups in total. The lowest BCUT2D eigenvalue weighted by Gasteiger charge is -2.02. The third-order valence-electron chi connectivity index (χ3n) is 1.42. The van der Waals surface area contributed by atoms with Crippen LogP contribution in [0.4, 0.5) is 0 Å². The minimum absolute atomic E-state index is 0.0938. The van der Waals surface area contributed by atoms with Gasteiger partial charge in [0, 0.05) is 11.6 Å². The highest BCUT2D eigenvalue weighted by Crippen LogP contribution is 2.21. The van der Waals surface area contributed by atoms with Gasteiger partial charge in [0.15, 0.2) is 0 Å². The summed E-state index contributed by atoms with van der Waals surface area (Å²) in [4.78, 5) is 13.1. The van der Waals surface area contributed by atoms with Gasteiger partial charge < -0.3 is 10.1 Å². The summed E-state index contributed by atoms with van der Waals surface area (Å²) >= 11 is 5.65. The van der Waals surface area contributed by atoms with Crippen molar-refractivity contribution in [1.82, 2.24) is 4.98 Å². The van der Waals surface area contributed by atoms with E-state index in [-0.39, 0.29) is 10.9 Å². The Morgan fingerprint density at radius 2 is 2.42 bits per heavy atom. The summed E-state index contributed by atoms with van der Waals surface area (Å²) < 4.78 is 0. The van der Waals surface area contributed by atoms with Crippen molar-refractivity contribution in [3.63, 3.8) is 0 Å². The number of aromatic amines is 1. The Morgan fingerprint density at radius 3 is 2.92 bits per heavy atom. The highest BCUT2D eigenvalue weighted by Gasteiger charge is 2.05. The fourth-order valence-corrected chi connectivity index (χ4v) is 1.15.